The number of unbranched alkanes of at least 4 members (excludes halogenated alkanes) is 16. The molecule has 0 aromatic heterocycles. The van der Waals surface area contributed by atoms with Gasteiger partial charge in [-0.2, -0.15) is 0 Å². The molecule has 0 saturated carbocycles. The molecule has 4 aromatic carbocycles. The number of hydrogen-bond acceptors (Lipinski definition) is 7. The topological polar surface area (TPSA) is 92.3 Å². The fraction of sp³-hybridized carbons (Fsp3) is 0.634. The van der Waals surface area contributed by atoms with E-state index < -0.39 is 22.7 Å². The van der Waals surface area contributed by atoms with Gasteiger partial charge in [0, 0.05) is 25.6 Å². The van der Waals surface area contributed by atoms with Crippen LogP contribution in [0.2, 0.25) is 33.2 Å². The normalized spacial score (nSPS) is 12.9. The van der Waals surface area contributed by atoms with Gasteiger partial charge in [0.15, 0.2) is 16.6 Å². The lowest BCUT2D eigenvalue weighted by Crippen LogP contribution is -2.47. The Kier molecular flexibility index (Phi) is 29.9. The maximum Gasteiger partial charge on any atom is 0.306 e. The third-order valence-electron chi connectivity index (χ3n) is 17.9. The van der Waals surface area contributed by atoms with Gasteiger partial charge in [-0.15, -0.1) is 0 Å². The quantitative estimate of drug-likeness (QED) is 0.0268. The summed E-state index contributed by atoms with van der Waals surface area (Å²) in [7, 11) is -3.51. The van der Waals surface area contributed by atoms with Gasteiger partial charge in [-0.1, -0.05) is 246 Å². The fourth-order valence-electron chi connectivity index (χ4n) is 13.8. The van der Waals surface area contributed by atoms with E-state index in [1.165, 1.54) is 112 Å². The zero-order valence-corrected chi connectivity index (χ0v) is 54.9. The average Bonchev–Trinajstić information content (AvgIpc) is 4.07. The van der Waals surface area contributed by atoms with Crippen LogP contribution in [0.5, 0.6) is 11.5 Å². The maximum atomic E-state index is 13.7. The van der Waals surface area contributed by atoms with E-state index in [0.717, 1.165) is 61.5 Å². The van der Waals surface area contributed by atoms with Crippen molar-refractivity contribution in [1.82, 2.24) is 5.32 Å². The molecule has 4 aromatic rings. The highest BCUT2D eigenvalue weighted by Crippen LogP contribution is 2.46. The van der Waals surface area contributed by atoms with Crippen LogP contribution in [0, 0.1) is 0 Å². The summed E-state index contributed by atoms with van der Waals surface area (Å²) in [6, 6.07) is 32.3. The average molecular weight is 1150 g/mol. The van der Waals surface area contributed by atoms with Crippen molar-refractivity contribution in [2.24, 2.45) is 0 Å². The minimum atomic E-state index is -1.75. The molecular formula is C71H111NO7Si2. The van der Waals surface area contributed by atoms with Gasteiger partial charge in [-0.25, -0.2) is 0 Å². The van der Waals surface area contributed by atoms with Crippen molar-refractivity contribution in [3.63, 3.8) is 0 Å². The van der Waals surface area contributed by atoms with Crippen LogP contribution >= 0.6 is 0 Å². The Morgan fingerprint density at radius 3 is 1.07 bits per heavy atom. The lowest BCUT2D eigenvalue weighted by Gasteiger charge is -2.42. The van der Waals surface area contributed by atoms with Crippen LogP contribution in [0.4, 0.5) is 0 Å². The molecule has 10 heteroatoms. The first-order valence-electron chi connectivity index (χ1n) is 32.4. The fourth-order valence-corrected chi connectivity index (χ4v) is 24.8. The van der Waals surface area contributed by atoms with Gasteiger partial charge >= 0.3 is 5.97 Å². The number of rotatable bonds is 42. The summed E-state index contributed by atoms with van der Waals surface area (Å²) < 4.78 is 31.8. The Morgan fingerprint density at radius 1 is 0.407 bits per heavy atom. The van der Waals surface area contributed by atoms with Crippen LogP contribution in [0.25, 0.3) is 11.1 Å². The lowest BCUT2D eigenvalue weighted by molar-refractivity contribution is -0.145. The van der Waals surface area contributed by atoms with Gasteiger partial charge in [0.05, 0.1) is 25.7 Å². The van der Waals surface area contributed by atoms with Gasteiger partial charge in [0.25, 0.3) is 0 Å². The van der Waals surface area contributed by atoms with E-state index in [0.29, 0.717) is 46.5 Å². The van der Waals surface area contributed by atoms with E-state index >= 15 is 0 Å². The summed E-state index contributed by atoms with van der Waals surface area (Å²) in [5.74, 6) is 1.02. The van der Waals surface area contributed by atoms with Crippen molar-refractivity contribution in [2.45, 2.75) is 257 Å². The van der Waals surface area contributed by atoms with Crippen LogP contribution in [-0.4, -0.2) is 61.5 Å². The van der Waals surface area contributed by atoms with Gasteiger partial charge in [-0.3, -0.25) is 9.59 Å². The molecule has 1 amide bonds. The first-order valence-corrected chi connectivity index (χ1v) is 36.7. The highest BCUT2D eigenvalue weighted by molar-refractivity contribution is 6.78. The molecule has 0 atom stereocenters. The van der Waals surface area contributed by atoms with E-state index in [1.807, 2.05) is 72.8 Å². The molecule has 8 nitrogen and oxygen atoms in total. The third kappa shape index (κ3) is 20.5. The Hall–Kier alpha value is -4.23. The van der Waals surface area contributed by atoms with Crippen LogP contribution in [-0.2, 0) is 23.2 Å². The van der Waals surface area contributed by atoms with Gasteiger partial charge < -0.3 is 28.4 Å². The second-order valence-corrected chi connectivity index (χ2v) is 36.4. The SMILES string of the molecule is CC(C)[Si](OCCCCCCCCCCCOc1ccc(C(NC(=O)CCC(=O)OCC2c3ccccc3-c3ccccc32)c2ccc(OCCCCCCCCCCCO[Si](C(C)C)(C(C)C)C(C)C)cc2)cc1)(C(C)C)C(C)C. The van der Waals surface area contributed by atoms with Gasteiger partial charge in [0.2, 0.25) is 5.91 Å². The first-order chi connectivity index (χ1) is 39.0. The van der Waals surface area contributed by atoms with Gasteiger partial charge in [0.1, 0.15) is 18.1 Å². The third-order valence-corrected chi connectivity index (χ3v) is 30.1. The van der Waals surface area contributed by atoms with Crippen LogP contribution < -0.4 is 14.8 Å². The summed E-state index contributed by atoms with van der Waals surface area (Å²) >= 11 is 0. The molecule has 0 fully saturated rings. The van der Waals surface area contributed by atoms with E-state index in [2.05, 4.69) is 113 Å². The van der Waals surface area contributed by atoms with Crippen LogP contribution in [0.3, 0.4) is 0 Å². The second kappa shape index (κ2) is 35.8. The molecule has 1 N–H and O–H groups in total. The molecule has 0 radical (unpaired) electrons. The Balaban J connectivity index is 1.03. The van der Waals surface area contributed by atoms with Crippen molar-refractivity contribution in [3.8, 4) is 22.6 Å². The number of amides is 1. The molecule has 5 rings (SSSR count). The minimum absolute atomic E-state index is 0.00502. The zero-order valence-electron chi connectivity index (χ0n) is 52.9. The summed E-state index contributed by atoms with van der Waals surface area (Å²) in [6.45, 7) is 31.9. The Bertz CT molecular complexity index is 2190. The highest BCUT2D eigenvalue weighted by Gasteiger charge is 2.46. The lowest BCUT2D eigenvalue weighted by atomic mass is 9.98. The van der Waals surface area contributed by atoms with Crippen LogP contribution in [0.1, 0.15) is 246 Å². The molecule has 81 heavy (non-hydrogen) atoms. The van der Waals surface area contributed by atoms with Crippen LogP contribution in [0.15, 0.2) is 97.1 Å². The molecular weight excluding hydrogens is 1030 g/mol. The summed E-state index contributed by atoms with van der Waals surface area (Å²) in [4.78, 5) is 26.9. The number of fused-ring (bicyclic) bond motifs is 3. The zero-order chi connectivity index (χ0) is 58.6. The van der Waals surface area contributed by atoms with Crippen molar-refractivity contribution >= 4 is 28.5 Å². The molecule has 0 aliphatic heterocycles. The standard InChI is InChI=1S/C71H111NO7Si2/c1-54(2)80(55(3)4,56(5)6)78-51-33-25-21-17-13-15-19-23-31-49-75-62-43-39-60(40-44-62)71(72-69(73)47-48-70(74)77-53-68-66-37-29-27-35-64(66)65-36-28-30-38-67(65)68)61-41-45-63(46-42-61)76-50-32-24-20-16-14-18-22-26-34-52-79-81(57(7)8,58(9)10)59(11)12/h27-30,35-46,54-59,68,71H,13-26,31-34,47-53H2,1-12H3,(H,72,73). The summed E-state index contributed by atoms with van der Waals surface area (Å²) in [5.41, 5.74) is 10.4. The predicted octanol–water partition coefficient (Wildman–Crippen LogP) is 20.2. The van der Waals surface area contributed by atoms with E-state index in [4.69, 9.17) is 23.1 Å². The number of ether oxygens (including phenoxy) is 3. The van der Waals surface area contributed by atoms with Crippen molar-refractivity contribution in [1.29, 1.82) is 0 Å². The number of carbonyl (C=O) groups is 2. The van der Waals surface area contributed by atoms with E-state index in [9.17, 15) is 9.59 Å². The number of nitrogens with one attached hydrogen (secondary N) is 1. The summed E-state index contributed by atoms with van der Waals surface area (Å²) in [6.07, 6.45) is 22.1. The van der Waals surface area contributed by atoms with E-state index in [-0.39, 0.29) is 37.2 Å². The van der Waals surface area contributed by atoms with Gasteiger partial charge in [-0.05, 0) is 117 Å². The second-order valence-electron chi connectivity index (χ2n) is 25.4. The number of esters is 1. The Labute approximate surface area is 495 Å². The molecule has 0 unspecified atom stereocenters. The molecule has 1 aliphatic rings. The van der Waals surface area contributed by atoms with Crippen molar-refractivity contribution in [3.05, 3.63) is 119 Å². The largest absolute Gasteiger partial charge is 0.494 e. The molecule has 450 valence electrons. The number of benzene rings is 4. The molecule has 1 aliphatic carbocycles. The maximum absolute atomic E-state index is 13.7. The monoisotopic (exact) mass is 1150 g/mol. The van der Waals surface area contributed by atoms with E-state index in [1.54, 1.807) is 0 Å². The number of carbonyl (C=O) groups excluding carboxylic acids is 2. The molecule has 0 spiro atoms. The van der Waals surface area contributed by atoms with Crippen molar-refractivity contribution < 1.29 is 32.7 Å². The first kappa shape index (κ1) is 67.6. The molecule has 0 heterocycles. The molecule has 0 saturated heterocycles. The van der Waals surface area contributed by atoms with Crippen molar-refractivity contribution in [2.75, 3.05) is 33.0 Å². The highest BCUT2D eigenvalue weighted by atomic mass is 28.4. The number of hydrogen-bond donors (Lipinski definition) is 1. The minimum Gasteiger partial charge on any atom is -0.494 e. The summed E-state index contributed by atoms with van der Waals surface area (Å²) in [5, 5.41) is 3.25. The smallest absolute Gasteiger partial charge is 0.306 e. The Morgan fingerprint density at radius 2 is 0.728 bits per heavy atom. The predicted molar refractivity (Wildman–Crippen MR) is 345 cm³/mol. The molecule has 0 bridgehead atoms.